The van der Waals surface area contributed by atoms with Crippen LogP contribution in [0.4, 0.5) is 0 Å². The van der Waals surface area contributed by atoms with Gasteiger partial charge in [0.15, 0.2) is 11.8 Å². The van der Waals surface area contributed by atoms with E-state index in [1.54, 1.807) is 7.11 Å². The van der Waals surface area contributed by atoms with Gasteiger partial charge in [-0.05, 0) is 31.5 Å². The highest BCUT2D eigenvalue weighted by Crippen LogP contribution is 2.13. The van der Waals surface area contributed by atoms with E-state index in [0.717, 1.165) is 29.9 Å². The fourth-order valence-corrected chi connectivity index (χ4v) is 2.52. The van der Waals surface area contributed by atoms with Crippen molar-refractivity contribution in [3.8, 4) is 5.75 Å². The third-order valence-corrected chi connectivity index (χ3v) is 4.16. The van der Waals surface area contributed by atoms with Crippen LogP contribution in [0.1, 0.15) is 24.1 Å². The van der Waals surface area contributed by atoms with Crippen LogP contribution in [0.3, 0.4) is 0 Å². The van der Waals surface area contributed by atoms with Gasteiger partial charge in [0.1, 0.15) is 18.1 Å². The Morgan fingerprint density at radius 3 is 2.59 bits per heavy atom. The first-order valence-electron chi connectivity index (χ1n) is 9.10. The van der Waals surface area contributed by atoms with Gasteiger partial charge in [-0.25, -0.2) is 4.99 Å². The summed E-state index contributed by atoms with van der Waals surface area (Å²) < 4.78 is 12.6. The van der Waals surface area contributed by atoms with E-state index >= 15 is 0 Å². The van der Waals surface area contributed by atoms with E-state index < -0.39 is 0 Å². The zero-order valence-electron chi connectivity index (χ0n) is 16.9. The monoisotopic (exact) mass is 374 g/mol. The van der Waals surface area contributed by atoms with Crippen LogP contribution in [-0.2, 0) is 24.9 Å². The number of hydrogen-bond acceptors (Lipinski definition) is 5. The number of nitrogens with one attached hydrogen (secondary N) is 1. The number of aromatic nitrogens is 3. The Kier molecular flexibility index (Phi) is 8.06. The van der Waals surface area contributed by atoms with Gasteiger partial charge in [0.2, 0.25) is 0 Å². The lowest BCUT2D eigenvalue weighted by molar-refractivity contribution is 0.203. The molecule has 1 aromatic heterocycles. The van der Waals surface area contributed by atoms with Crippen LogP contribution in [0.2, 0.25) is 0 Å². The van der Waals surface area contributed by atoms with E-state index in [1.165, 1.54) is 5.56 Å². The van der Waals surface area contributed by atoms with Crippen molar-refractivity contribution in [1.82, 2.24) is 25.0 Å². The smallest absolute Gasteiger partial charge is 0.194 e. The molecular weight excluding hydrogens is 344 g/mol. The molecule has 0 aliphatic heterocycles. The van der Waals surface area contributed by atoms with Gasteiger partial charge < -0.3 is 24.3 Å². The first-order valence-corrected chi connectivity index (χ1v) is 9.10. The van der Waals surface area contributed by atoms with E-state index in [-0.39, 0.29) is 0 Å². The van der Waals surface area contributed by atoms with Gasteiger partial charge in [-0.15, -0.1) is 10.2 Å². The molecule has 2 rings (SSSR count). The number of hydrogen-bond donors (Lipinski definition) is 1. The first-order chi connectivity index (χ1) is 13.0. The third-order valence-electron chi connectivity index (χ3n) is 4.16. The molecule has 2 aromatic rings. The second-order valence-electron chi connectivity index (χ2n) is 6.21. The van der Waals surface area contributed by atoms with E-state index in [1.807, 2.05) is 44.6 Å². The van der Waals surface area contributed by atoms with Crippen LogP contribution in [0.25, 0.3) is 0 Å². The fraction of sp³-hybridized carbons (Fsp3) is 0.526. The van der Waals surface area contributed by atoms with Crippen molar-refractivity contribution in [2.75, 3.05) is 33.9 Å². The van der Waals surface area contributed by atoms with Crippen molar-refractivity contribution in [3.05, 3.63) is 41.5 Å². The number of aryl methyl sites for hydroxylation is 1. The molecule has 0 unspecified atom stereocenters. The van der Waals surface area contributed by atoms with Crippen LogP contribution in [0.15, 0.2) is 29.3 Å². The molecule has 8 nitrogen and oxygen atoms in total. The van der Waals surface area contributed by atoms with Crippen LogP contribution in [-0.4, -0.2) is 59.5 Å². The standard InChI is InChI=1S/C19H30N6O2/c1-6-27-17-9-7-16(8-10-17)14-24(3)19(20-11-12-26-5)21-13-18-23-22-15(2)25(18)4/h7-10H,6,11-14H2,1-5H3,(H,20,21). The molecule has 0 amide bonds. The zero-order valence-corrected chi connectivity index (χ0v) is 16.9. The van der Waals surface area contributed by atoms with Crippen LogP contribution in [0, 0.1) is 6.92 Å². The first kappa shape index (κ1) is 20.7. The van der Waals surface area contributed by atoms with E-state index in [4.69, 9.17) is 14.5 Å². The molecule has 1 aromatic carbocycles. The van der Waals surface area contributed by atoms with Crippen molar-refractivity contribution >= 4 is 5.96 Å². The Labute approximate surface area is 161 Å². The second-order valence-corrected chi connectivity index (χ2v) is 6.21. The molecule has 0 saturated carbocycles. The highest BCUT2D eigenvalue weighted by Gasteiger charge is 2.09. The molecule has 0 bridgehead atoms. The molecule has 8 heteroatoms. The van der Waals surface area contributed by atoms with Gasteiger partial charge in [-0.1, -0.05) is 12.1 Å². The lowest BCUT2D eigenvalue weighted by Gasteiger charge is -2.22. The summed E-state index contributed by atoms with van der Waals surface area (Å²) in [7, 11) is 5.64. The Bertz CT molecular complexity index is 726. The third kappa shape index (κ3) is 6.25. The van der Waals surface area contributed by atoms with Gasteiger partial charge in [-0.3, -0.25) is 0 Å². The van der Waals surface area contributed by atoms with Gasteiger partial charge in [0, 0.05) is 34.3 Å². The number of aliphatic imine (C=N–C) groups is 1. The van der Waals surface area contributed by atoms with Gasteiger partial charge in [-0.2, -0.15) is 0 Å². The number of benzene rings is 1. The maximum absolute atomic E-state index is 5.50. The van der Waals surface area contributed by atoms with Gasteiger partial charge in [0.25, 0.3) is 0 Å². The van der Waals surface area contributed by atoms with E-state index in [0.29, 0.717) is 26.3 Å². The summed E-state index contributed by atoms with van der Waals surface area (Å²) in [6.45, 7) is 7.05. The summed E-state index contributed by atoms with van der Waals surface area (Å²) in [5.41, 5.74) is 1.18. The predicted molar refractivity (Wildman–Crippen MR) is 106 cm³/mol. The minimum atomic E-state index is 0.459. The molecule has 0 radical (unpaired) electrons. The Balaban J connectivity index is 2.06. The normalized spacial score (nSPS) is 11.5. The van der Waals surface area contributed by atoms with E-state index in [2.05, 4.69) is 32.5 Å². The Hall–Kier alpha value is -2.61. The minimum Gasteiger partial charge on any atom is -0.494 e. The molecule has 0 aliphatic carbocycles. The summed E-state index contributed by atoms with van der Waals surface area (Å²) in [6.07, 6.45) is 0. The van der Waals surface area contributed by atoms with Gasteiger partial charge >= 0.3 is 0 Å². The molecule has 148 valence electrons. The highest BCUT2D eigenvalue weighted by molar-refractivity contribution is 5.79. The van der Waals surface area contributed by atoms with Gasteiger partial charge in [0.05, 0.1) is 13.2 Å². The maximum Gasteiger partial charge on any atom is 0.194 e. The molecule has 0 aliphatic rings. The molecule has 1 N–H and O–H groups in total. The summed E-state index contributed by atoms with van der Waals surface area (Å²) >= 11 is 0. The average Bonchev–Trinajstić information content (AvgIpc) is 2.98. The summed E-state index contributed by atoms with van der Waals surface area (Å²) in [5.74, 6) is 3.38. The van der Waals surface area contributed by atoms with Crippen molar-refractivity contribution in [2.45, 2.75) is 26.9 Å². The molecule has 0 spiro atoms. The number of ether oxygens (including phenoxy) is 2. The zero-order chi connectivity index (χ0) is 19.6. The average molecular weight is 374 g/mol. The topological polar surface area (TPSA) is 76.8 Å². The van der Waals surface area contributed by atoms with Crippen LogP contribution < -0.4 is 10.1 Å². The largest absolute Gasteiger partial charge is 0.494 e. The Morgan fingerprint density at radius 1 is 1.26 bits per heavy atom. The molecule has 0 atom stereocenters. The molecule has 27 heavy (non-hydrogen) atoms. The summed E-state index contributed by atoms with van der Waals surface area (Å²) in [5, 5.41) is 11.6. The SMILES string of the molecule is CCOc1ccc(CN(C)C(=NCc2nnc(C)n2C)NCCOC)cc1. The van der Waals surface area contributed by atoms with E-state index in [9.17, 15) is 0 Å². The van der Waals surface area contributed by atoms with Crippen molar-refractivity contribution < 1.29 is 9.47 Å². The molecule has 0 saturated heterocycles. The number of rotatable bonds is 9. The lowest BCUT2D eigenvalue weighted by atomic mass is 10.2. The maximum atomic E-state index is 5.50. The van der Waals surface area contributed by atoms with Crippen molar-refractivity contribution in [2.24, 2.45) is 12.0 Å². The fourth-order valence-electron chi connectivity index (χ4n) is 2.52. The van der Waals surface area contributed by atoms with Crippen molar-refractivity contribution in [1.29, 1.82) is 0 Å². The lowest BCUT2D eigenvalue weighted by Crippen LogP contribution is -2.40. The number of nitrogens with zero attached hydrogens (tertiary/aromatic N) is 5. The second kappa shape index (κ2) is 10.5. The molecule has 1 heterocycles. The molecular formula is C19H30N6O2. The van der Waals surface area contributed by atoms with Crippen LogP contribution >= 0.6 is 0 Å². The molecule has 0 fully saturated rings. The number of methoxy groups -OCH3 is 1. The quantitative estimate of drug-likeness (QED) is 0.409. The minimum absolute atomic E-state index is 0.459. The Morgan fingerprint density at radius 2 is 2.00 bits per heavy atom. The summed E-state index contributed by atoms with van der Waals surface area (Å²) in [4.78, 5) is 6.79. The number of guanidine groups is 1. The van der Waals surface area contributed by atoms with Crippen LogP contribution in [0.5, 0.6) is 5.75 Å². The highest BCUT2D eigenvalue weighted by atomic mass is 16.5. The van der Waals surface area contributed by atoms with Crippen molar-refractivity contribution in [3.63, 3.8) is 0 Å². The summed E-state index contributed by atoms with van der Waals surface area (Å²) in [6, 6.07) is 8.12. The predicted octanol–water partition coefficient (Wildman–Crippen LogP) is 1.75.